The molecule has 0 bridgehead atoms. The van der Waals surface area contributed by atoms with Crippen LogP contribution in [0.1, 0.15) is 24.2 Å². The molecule has 0 saturated heterocycles. The van der Waals surface area contributed by atoms with Crippen LogP contribution in [0.3, 0.4) is 0 Å². The minimum Gasteiger partial charge on any atom is -0.478 e. The summed E-state index contributed by atoms with van der Waals surface area (Å²) >= 11 is 0. The molecule has 3 N–H and O–H groups in total. The molecule has 0 aliphatic rings. The van der Waals surface area contributed by atoms with Crippen molar-refractivity contribution in [2.45, 2.75) is 13.8 Å². The van der Waals surface area contributed by atoms with Crippen molar-refractivity contribution in [1.29, 1.82) is 0 Å². The number of carbonyl (C=O) groups excluding carboxylic acids is 1. The van der Waals surface area contributed by atoms with Gasteiger partial charge in [0.15, 0.2) is 0 Å². The van der Waals surface area contributed by atoms with Gasteiger partial charge in [0.2, 0.25) is 0 Å². The Kier molecular flexibility index (Phi) is 4.92. The van der Waals surface area contributed by atoms with Gasteiger partial charge < -0.3 is 15.7 Å². The molecule has 2 amide bonds. The van der Waals surface area contributed by atoms with Crippen LogP contribution in [0.15, 0.2) is 35.9 Å². The lowest BCUT2D eigenvalue weighted by Gasteiger charge is -2.06. The number of amides is 2. The fourth-order valence-electron chi connectivity index (χ4n) is 1.22. The number of nitrogens with one attached hydrogen (secondary N) is 2. The topological polar surface area (TPSA) is 78.4 Å². The molecule has 5 nitrogen and oxygen atoms in total. The van der Waals surface area contributed by atoms with Gasteiger partial charge in [-0.15, -0.1) is 0 Å². The van der Waals surface area contributed by atoms with E-state index in [4.69, 9.17) is 5.11 Å². The number of rotatable bonds is 4. The van der Waals surface area contributed by atoms with Crippen LogP contribution < -0.4 is 10.6 Å². The first-order valence-corrected chi connectivity index (χ1v) is 5.50. The van der Waals surface area contributed by atoms with E-state index in [1.54, 1.807) is 12.1 Å². The number of allylic oxidation sites excluding steroid dienone is 1. The highest BCUT2D eigenvalue weighted by molar-refractivity contribution is 5.91. The predicted octanol–water partition coefficient (Wildman–Crippen LogP) is 2.47. The fraction of sp³-hybridized carbons (Fsp3) is 0.231. The quantitative estimate of drug-likeness (QED) is 0.716. The van der Waals surface area contributed by atoms with Gasteiger partial charge >= 0.3 is 12.0 Å². The van der Waals surface area contributed by atoms with Crippen LogP contribution in [0.25, 0.3) is 0 Å². The maximum Gasteiger partial charge on any atom is 0.335 e. The number of hydrogen-bond acceptors (Lipinski definition) is 2. The van der Waals surface area contributed by atoms with Crippen molar-refractivity contribution in [3.63, 3.8) is 0 Å². The standard InChI is InChI=1S/C13H16N2O3/c1-9(2)7-8-14-13(18)15-11-5-3-10(4-6-11)12(16)17/h3-7H,8H2,1-2H3,(H,16,17)(H2,14,15,18). The largest absolute Gasteiger partial charge is 0.478 e. The lowest BCUT2D eigenvalue weighted by atomic mass is 10.2. The fourth-order valence-corrected chi connectivity index (χ4v) is 1.22. The minimum absolute atomic E-state index is 0.186. The molecule has 0 atom stereocenters. The highest BCUT2D eigenvalue weighted by Crippen LogP contribution is 2.09. The molecule has 5 heteroatoms. The Morgan fingerprint density at radius 3 is 2.33 bits per heavy atom. The molecule has 1 aromatic rings. The van der Waals surface area contributed by atoms with Gasteiger partial charge in [-0.25, -0.2) is 9.59 Å². The number of hydrogen-bond donors (Lipinski definition) is 3. The lowest BCUT2D eigenvalue weighted by molar-refractivity contribution is 0.0697. The Balaban J connectivity index is 2.49. The van der Waals surface area contributed by atoms with Gasteiger partial charge in [0.1, 0.15) is 0 Å². The number of carboxylic acid groups (broad SMARTS) is 1. The zero-order valence-electron chi connectivity index (χ0n) is 10.4. The number of anilines is 1. The van der Waals surface area contributed by atoms with E-state index >= 15 is 0 Å². The lowest BCUT2D eigenvalue weighted by Crippen LogP contribution is -2.28. The minimum atomic E-state index is -0.991. The second kappa shape index (κ2) is 6.44. The maximum atomic E-state index is 11.4. The smallest absolute Gasteiger partial charge is 0.335 e. The maximum absolute atomic E-state index is 11.4. The third-order valence-electron chi connectivity index (χ3n) is 2.16. The first kappa shape index (κ1) is 13.8. The molecule has 0 fully saturated rings. The number of benzene rings is 1. The molecular formula is C13H16N2O3. The summed E-state index contributed by atoms with van der Waals surface area (Å²) in [5.41, 5.74) is 1.86. The van der Waals surface area contributed by atoms with Crippen LogP contribution in [0.4, 0.5) is 10.5 Å². The van der Waals surface area contributed by atoms with Crippen LogP contribution in [0.5, 0.6) is 0 Å². The van der Waals surface area contributed by atoms with Gasteiger partial charge in [0.05, 0.1) is 5.56 Å². The normalized spacial score (nSPS) is 9.44. The van der Waals surface area contributed by atoms with Gasteiger partial charge in [0, 0.05) is 12.2 Å². The molecule has 0 saturated carbocycles. The van der Waals surface area contributed by atoms with Crippen LogP contribution in [-0.4, -0.2) is 23.7 Å². The predicted molar refractivity (Wildman–Crippen MR) is 69.9 cm³/mol. The van der Waals surface area contributed by atoms with Crippen LogP contribution in [-0.2, 0) is 0 Å². The van der Waals surface area contributed by atoms with Gasteiger partial charge in [-0.05, 0) is 38.1 Å². The molecular weight excluding hydrogens is 232 g/mol. The average molecular weight is 248 g/mol. The molecule has 0 aromatic heterocycles. The zero-order chi connectivity index (χ0) is 13.5. The van der Waals surface area contributed by atoms with E-state index in [2.05, 4.69) is 10.6 Å². The highest BCUT2D eigenvalue weighted by Gasteiger charge is 2.03. The molecule has 0 aliphatic carbocycles. The first-order chi connectivity index (χ1) is 8.49. The van der Waals surface area contributed by atoms with Crippen molar-refractivity contribution in [3.05, 3.63) is 41.5 Å². The van der Waals surface area contributed by atoms with Gasteiger partial charge in [-0.3, -0.25) is 0 Å². The summed E-state index contributed by atoms with van der Waals surface area (Å²) < 4.78 is 0. The second-order valence-corrected chi connectivity index (χ2v) is 4.00. The molecule has 0 aliphatic heterocycles. The van der Waals surface area contributed by atoms with Crippen molar-refractivity contribution in [3.8, 4) is 0 Å². The number of carboxylic acids is 1. The highest BCUT2D eigenvalue weighted by atomic mass is 16.4. The van der Waals surface area contributed by atoms with E-state index in [1.165, 1.54) is 12.1 Å². The molecule has 18 heavy (non-hydrogen) atoms. The summed E-state index contributed by atoms with van der Waals surface area (Å²) in [5.74, 6) is -0.991. The Morgan fingerprint density at radius 2 is 1.83 bits per heavy atom. The Morgan fingerprint density at radius 1 is 1.22 bits per heavy atom. The van der Waals surface area contributed by atoms with Gasteiger partial charge in [-0.2, -0.15) is 0 Å². The van der Waals surface area contributed by atoms with E-state index in [1.807, 2.05) is 19.9 Å². The Labute approximate surface area is 106 Å². The van der Waals surface area contributed by atoms with Crippen LogP contribution in [0.2, 0.25) is 0 Å². The summed E-state index contributed by atoms with van der Waals surface area (Å²) in [6, 6.07) is 5.64. The number of aromatic carboxylic acids is 1. The van der Waals surface area contributed by atoms with E-state index in [0.717, 1.165) is 5.57 Å². The summed E-state index contributed by atoms with van der Waals surface area (Å²) in [6.07, 6.45) is 1.90. The monoisotopic (exact) mass is 248 g/mol. The first-order valence-electron chi connectivity index (χ1n) is 5.50. The molecule has 0 unspecified atom stereocenters. The third kappa shape index (κ3) is 4.69. The Hall–Kier alpha value is -2.30. The van der Waals surface area contributed by atoms with E-state index in [0.29, 0.717) is 12.2 Å². The van der Waals surface area contributed by atoms with Crippen LogP contribution >= 0.6 is 0 Å². The van der Waals surface area contributed by atoms with Crippen molar-refractivity contribution < 1.29 is 14.7 Å². The number of carbonyl (C=O) groups is 2. The van der Waals surface area contributed by atoms with Crippen molar-refractivity contribution >= 4 is 17.7 Å². The SMILES string of the molecule is CC(C)=CCNC(=O)Nc1ccc(C(=O)O)cc1. The second-order valence-electron chi connectivity index (χ2n) is 4.00. The molecule has 0 spiro atoms. The molecule has 0 radical (unpaired) electrons. The van der Waals surface area contributed by atoms with Crippen LogP contribution in [0, 0.1) is 0 Å². The third-order valence-corrected chi connectivity index (χ3v) is 2.16. The molecule has 0 heterocycles. The average Bonchev–Trinajstić information content (AvgIpc) is 2.29. The molecule has 1 aromatic carbocycles. The van der Waals surface area contributed by atoms with Crippen molar-refractivity contribution in [1.82, 2.24) is 5.32 Å². The summed E-state index contributed by atoms with van der Waals surface area (Å²) in [5, 5.41) is 14.0. The van der Waals surface area contributed by atoms with E-state index in [-0.39, 0.29) is 11.6 Å². The van der Waals surface area contributed by atoms with Crippen molar-refractivity contribution in [2.75, 3.05) is 11.9 Å². The van der Waals surface area contributed by atoms with E-state index in [9.17, 15) is 9.59 Å². The van der Waals surface area contributed by atoms with Crippen molar-refractivity contribution in [2.24, 2.45) is 0 Å². The van der Waals surface area contributed by atoms with Gasteiger partial charge in [0.25, 0.3) is 0 Å². The summed E-state index contributed by atoms with van der Waals surface area (Å²) in [7, 11) is 0. The van der Waals surface area contributed by atoms with Gasteiger partial charge in [-0.1, -0.05) is 11.6 Å². The van der Waals surface area contributed by atoms with E-state index < -0.39 is 5.97 Å². The number of urea groups is 1. The summed E-state index contributed by atoms with van der Waals surface area (Å²) in [4.78, 5) is 22.1. The molecule has 1 rings (SSSR count). The molecule has 96 valence electrons. The summed E-state index contributed by atoms with van der Waals surface area (Å²) in [6.45, 7) is 4.36. The Bertz CT molecular complexity index is 460. The zero-order valence-corrected chi connectivity index (χ0v) is 10.4.